The molecule has 0 radical (unpaired) electrons. The van der Waals surface area contributed by atoms with Gasteiger partial charge in [-0.3, -0.25) is 0 Å². The summed E-state index contributed by atoms with van der Waals surface area (Å²) in [5.74, 6) is 0.889. The smallest absolute Gasteiger partial charge is 0.119 e. The number of methoxy groups -OCH3 is 1. The lowest BCUT2D eigenvalue weighted by molar-refractivity contribution is 0.415. The highest BCUT2D eigenvalue weighted by atomic mass is 32.1. The molecule has 0 aliphatic heterocycles. The quantitative estimate of drug-likeness (QED) is 0.911. The predicted octanol–water partition coefficient (Wildman–Crippen LogP) is 3.66. The molecule has 1 aromatic carbocycles. The molecule has 18 heavy (non-hydrogen) atoms. The molecule has 2 rings (SSSR count). The van der Waals surface area contributed by atoms with Gasteiger partial charge in [-0.15, -0.1) is 11.3 Å². The molecule has 1 aromatic heterocycles. The Balaban J connectivity index is 2.35. The number of rotatable bonds is 4. The standard InChI is InChI=1S/C15H19NOS/c1-15(2,10-16)12-8-14(18-9-12)11-5-4-6-13(7-11)17-3/h4-9H,10,16H2,1-3H3. The van der Waals surface area contributed by atoms with Crippen LogP contribution in [0.5, 0.6) is 5.75 Å². The number of hydrogen-bond donors (Lipinski definition) is 1. The molecule has 0 saturated carbocycles. The number of hydrogen-bond acceptors (Lipinski definition) is 3. The van der Waals surface area contributed by atoms with E-state index in [9.17, 15) is 0 Å². The summed E-state index contributed by atoms with van der Waals surface area (Å²) in [6.45, 7) is 5.00. The summed E-state index contributed by atoms with van der Waals surface area (Å²) < 4.78 is 5.26. The van der Waals surface area contributed by atoms with Crippen molar-refractivity contribution in [1.29, 1.82) is 0 Å². The summed E-state index contributed by atoms with van der Waals surface area (Å²) in [4.78, 5) is 1.26. The van der Waals surface area contributed by atoms with Gasteiger partial charge in [0.1, 0.15) is 5.75 Å². The maximum Gasteiger partial charge on any atom is 0.119 e. The molecule has 0 unspecified atom stereocenters. The Hall–Kier alpha value is -1.32. The van der Waals surface area contributed by atoms with Crippen molar-refractivity contribution in [2.45, 2.75) is 19.3 Å². The van der Waals surface area contributed by atoms with Gasteiger partial charge in [0.15, 0.2) is 0 Å². The van der Waals surface area contributed by atoms with Crippen LogP contribution in [0.2, 0.25) is 0 Å². The highest BCUT2D eigenvalue weighted by molar-refractivity contribution is 7.13. The molecule has 0 saturated heterocycles. The van der Waals surface area contributed by atoms with Gasteiger partial charge in [0.05, 0.1) is 7.11 Å². The van der Waals surface area contributed by atoms with E-state index >= 15 is 0 Å². The van der Waals surface area contributed by atoms with E-state index in [2.05, 4.69) is 37.4 Å². The Labute approximate surface area is 112 Å². The average molecular weight is 261 g/mol. The highest BCUT2D eigenvalue weighted by Crippen LogP contribution is 2.34. The van der Waals surface area contributed by atoms with Crippen molar-refractivity contribution >= 4 is 11.3 Å². The zero-order chi connectivity index (χ0) is 13.2. The summed E-state index contributed by atoms with van der Waals surface area (Å²) in [5.41, 5.74) is 8.34. The Morgan fingerprint density at radius 1 is 1.28 bits per heavy atom. The molecule has 96 valence electrons. The lowest BCUT2D eigenvalue weighted by atomic mass is 9.86. The summed E-state index contributed by atoms with van der Waals surface area (Å²) in [7, 11) is 1.69. The van der Waals surface area contributed by atoms with E-state index in [0.29, 0.717) is 6.54 Å². The van der Waals surface area contributed by atoms with E-state index in [4.69, 9.17) is 10.5 Å². The van der Waals surface area contributed by atoms with Gasteiger partial charge in [-0.25, -0.2) is 0 Å². The first-order chi connectivity index (χ1) is 8.56. The van der Waals surface area contributed by atoms with E-state index in [1.165, 1.54) is 16.0 Å². The molecule has 0 aliphatic rings. The predicted molar refractivity (Wildman–Crippen MR) is 78.4 cm³/mol. The molecular formula is C15H19NOS. The van der Waals surface area contributed by atoms with E-state index in [1.54, 1.807) is 18.4 Å². The van der Waals surface area contributed by atoms with Gasteiger partial charge in [0.2, 0.25) is 0 Å². The van der Waals surface area contributed by atoms with Crippen LogP contribution in [-0.2, 0) is 5.41 Å². The molecule has 2 N–H and O–H groups in total. The molecule has 3 heteroatoms. The first-order valence-electron chi connectivity index (χ1n) is 6.00. The molecule has 0 bridgehead atoms. The Morgan fingerprint density at radius 2 is 2.06 bits per heavy atom. The van der Waals surface area contributed by atoms with Crippen LogP contribution in [0.25, 0.3) is 10.4 Å². The average Bonchev–Trinajstić information content (AvgIpc) is 2.89. The van der Waals surface area contributed by atoms with Gasteiger partial charge in [-0.2, -0.15) is 0 Å². The lowest BCUT2D eigenvalue weighted by Gasteiger charge is -2.20. The zero-order valence-electron chi connectivity index (χ0n) is 11.1. The second-order valence-corrected chi connectivity index (χ2v) is 5.93. The van der Waals surface area contributed by atoms with Crippen molar-refractivity contribution in [1.82, 2.24) is 0 Å². The van der Waals surface area contributed by atoms with Crippen molar-refractivity contribution < 1.29 is 4.74 Å². The van der Waals surface area contributed by atoms with Gasteiger partial charge in [0.25, 0.3) is 0 Å². The lowest BCUT2D eigenvalue weighted by Crippen LogP contribution is -2.27. The Kier molecular flexibility index (Phi) is 3.73. The number of thiophene rings is 1. The first kappa shape index (κ1) is 13.1. The minimum Gasteiger partial charge on any atom is -0.497 e. The number of ether oxygens (including phenoxy) is 1. The Bertz CT molecular complexity index is 531. The third kappa shape index (κ3) is 2.57. The maximum absolute atomic E-state index is 5.82. The normalized spacial score (nSPS) is 11.6. The van der Waals surface area contributed by atoms with Gasteiger partial charge in [-0.05, 0) is 34.7 Å². The summed E-state index contributed by atoms with van der Waals surface area (Å²) in [5, 5.41) is 2.20. The van der Waals surface area contributed by atoms with Crippen molar-refractivity contribution in [2.75, 3.05) is 13.7 Å². The molecule has 1 heterocycles. The minimum atomic E-state index is 0.0353. The fourth-order valence-corrected chi connectivity index (χ4v) is 2.84. The summed E-state index contributed by atoms with van der Waals surface area (Å²) in [6.07, 6.45) is 0. The summed E-state index contributed by atoms with van der Waals surface area (Å²) >= 11 is 1.75. The van der Waals surface area contributed by atoms with Crippen LogP contribution in [-0.4, -0.2) is 13.7 Å². The molecule has 0 spiro atoms. The van der Waals surface area contributed by atoms with Crippen molar-refractivity contribution in [3.8, 4) is 16.2 Å². The van der Waals surface area contributed by atoms with Crippen molar-refractivity contribution in [3.05, 3.63) is 41.3 Å². The molecule has 2 aromatic rings. The topological polar surface area (TPSA) is 35.2 Å². The van der Waals surface area contributed by atoms with Gasteiger partial charge < -0.3 is 10.5 Å². The second-order valence-electron chi connectivity index (χ2n) is 5.02. The first-order valence-corrected chi connectivity index (χ1v) is 6.88. The van der Waals surface area contributed by atoms with Crippen LogP contribution in [0.4, 0.5) is 0 Å². The van der Waals surface area contributed by atoms with Crippen LogP contribution in [0.15, 0.2) is 35.7 Å². The highest BCUT2D eigenvalue weighted by Gasteiger charge is 2.20. The molecular weight excluding hydrogens is 242 g/mol. The van der Waals surface area contributed by atoms with Gasteiger partial charge >= 0.3 is 0 Å². The van der Waals surface area contributed by atoms with E-state index in [-0.39, 0.29) is 5.41 Å². The van der Waals surface area contributed by atoms with Crippen LogP contribution in [0.3, 0.4) is 0 Å². The molecule has 0 fully saturated rings. The fourth-order valence-electron chi connectivity index (χ4n) is 1.74. The van der Waals surface area contributed by atoms with Crippen molar-refractivity contribution in [3.63, 3.8) is 0 Å². The molecule has 0 aliphatic carbocycles. The second kappa shape index (κ2) is 5.12. The molecule has 0 amide bonds. The van der Waals surface area contributed by atoms with Crippen molar-refractivity contribution in [2.24, 2.45) is 5.73 Å². The number of benzene rings is 1. The van der Waals surface area contributed by atoms with E-state index in [0.717, 1.165) is 5.75 Å². The Morgan fingerprint density at radius 3 is 2.72 bits per heavy atom. The number of nitrogens with two attached hydrogens (primary N) is 1. The van der Waals surface area contributed by atoms with Gasteiger partial charge in [0, 0.05) is 16.8 Å². The van der Waals surface area contributed by atoms with Crippen LogP contribution in [0, 0.1) is 0 Å². The molecule has 0 atom stereocenters. The SMILES string of the molecule is COc1cccc(-c2cc(C(C)(C)CN)cs2)c1. The van der Waals surface area contributed by atoms with Crippen LogP contribution >= 0.6 is 11.3 Å². The third-order valence-corrected chi connectivity index (χ3v) is 4.22. The monoisotopic (exact) mass is 261 g/mol. The third-order valence-electron chi connectivity index (χ3n) is 3.25. The van der Waals surface area contributed by atoms with E-state index < -0.39 is 0 Å². The van der Waals surface area contributed by atoms with Crippen LogP contribution < -0.4 is 10.5 Å². The fraction of sp³-hybridized carbons (Fsp3) is 0.333. The summed E-state index contributed by atoms with van der Waals surface area (Å²) in [6, 6.07) is 10.4. The van der Waals surface area contributed by atoms with E-state index in [1.807, 2.05) is 12.1 Å². The zero-order valence-corrected chi connectivity index (χ0v) is 11.9. The van der Waals surface area contributed by atoms with Crippen LogP contribution in [0.1, 0.15) is 19.4 Å². The largest absolute Gasteiger partial charge is 0.497 e. The van der Waals surface area contributed by atoms with Gasteiger partial charge in [-0.1, -0.05) is 26.0 Å². The maximum atomic E-state index is 5.82. The minimum absolute atomic E-state index is 0.0353. The molecule has 2 nitrogen and oxygen atoms in total.